The molecule has 1 aromatic carbocycles. The van der Waals surface area contributed by atoms with Gasteiger partial charge in [-0.2, -0.15) is 0 Å². The Morgan fingerprint density at radius 3 is 2.64 bits per heavy atom. The zero-order valence-corrected chi connectivity index (χ0v) is 13.1. The minimum absolute atomic E-state index is 0.110. The highest BCUT2D eigenvalue weighted by molar-refractivity contribution is 5.79. The van der Waals surface area contributed by atoms with Crippen molar-refractivity contribution in [3.8, 4) is 0 Å². The van der Waals surface area contributed by atoms with Gasteiger partial charge >= 0.3 is 6.03 Å². The molecule has 0 spiro atoms. The number of fused-ring (bicyclic) bond motifs is 1. The molecule has 1 aliphatic heterocycles. The van der Waals surface area contributed by atoms with Crippen LogP contribution in [0.3, 0.4) is 0 Å². The van der Waals surface area contributed by atoms with Gasteiger partial charge in [0.1, 0.15) is 0 Å². The highest BCUT2D eigenvalue weighted by Gasteiger charge is 2.14. The number of aryl methyl sites for hydroxylation is 1. The molecule has 2 aromatic rings. The van der Waals surface area contributed by atoms with Gasteiger partial charge in [0, 0.05) is 37.9 Å². The number of likely N-dealkylation sites (tertiary alicyclic amines) is 1. The maximum Gasteiger partial charge on any atom is 0.317 e. The van der Waals surface area contributed by atoms with Crippen LogP contribution in [-0.4, -0.2) is 35.1 Å². The molecule has 0 saturated carbocycles. The van der Waals surface area contributed by atoms with Gasteiger partial charge in [0.2, 0.25) is 0 Å². The van der Waals surface area contributed by atoms with Crippen LogP contribution in [0.4, 0.5) is 4.79 Å². The van der Waals surface area contributed by atoms with Gasteiger partial charge in [0.15, 0.2) is 0 Å². The summed E-state index contributed by atoms with van der Waals surface area (Å²) >= 11 is 0. The van der Waals surface area contributed by atoms with E-state index < -0.39 is 0 Å². The van der Waals surface area contributed by atoms with Gasteiger partial charge < -0.3 is 14.8 Å². The number of nitrogens with one attached hydrogen (secondary N) is 1. The van der Waals surface area contributed by atoms with Crippen LogP contribution in [-0.2, 0) is 6.54 Å². The second kappa shape index (κ2) is 7.34. The average molecular weight is 299 g/mol. The molecule has 0 radical (unpaired) electrons. The standard InChI is InChI=1S/C18H25N3O/c22-18(21-12-5-1-2-6-13-21)19-11-7-14-20-15-10-16-8-3-4-9-17(16)20/h3-4,8-10,15H,1-2,5-7,11-14H2,(H,19,22). The molecular formula is C18H25N3O. The molecule has 1 fully saturated rings. The zero-order valence-electron chi connectivity index (χ0n) is 13.1. The van der Waals surface area contributed by atoms with Gasteiger partial charge in [-0.05, 0) is 36.8 Å². The average Bonchev–Trinajstić information content (AvgIpc) is 2.77. The van der Waals surface area contributed by atoms with E-state index in [9.17, 15) is 4.79 Å². The van der Waals surface area contributed by atoms with Crippen molar-refractivity contribution >= 4 is 16.9 Å². The smallest absolute Gasteiger partial charge is 0.317 e. The molecule has 0 aliphatic carbocycles. The Kier molecular flexibility index (Phi) is 4.99. The second-order valence-electron chi connectivity index (χ2n) is 6.05. The number of urea groups is 1. The molecule has 2 amide bonds. The summed E-state index contributed by atoms with van der Waals surface area (Å²) in [6.45, 7) is 3.50. The number of carbonyl (C=O) groups excluding carboxylic acids is 1. The molecule has 0 unspecified atom stereocenters. The summed E-state index contributed by atoms with van der Waals surface area (Å²) in [4.78, 5) is 14.1. The van der Waals surface area contributed by atoms with E-state index in [1.54, 1.807) is 0 Å². The van der Waals surface area contributed by atoms with Crippen molar-refractivity contribution in [3.05, 3.63) is 36.5 Å². The first-order valence-electron chi connectivity index (χ1n) is 8.41. The molecule has 0 atom stereocenters. The summed E-state index contributed by atoms with van der Waals surface area (Å²) in [6, 6.07) is 10.7. The quantitative estimate of drug-likeness (QED) is 0.860. The third-order valence-corrected chi connectivity index (χ3v) is 4.43. The summed E-state index contributed by atoms with van der Waals surface area (Å²) in [5.41, 5.74) is 1.27. The minimum atomic E-state index is 0.110. The van der Waals surface area contributed by atoms with Crippen molar-refractivity contribution < 1.29 is 4.79 Å². The summed E-state index contributed by atoms with van der Waals surface area (Å²) in [7, 11) is 0. The lowest BCUT2D eigenvalue weighted by atomic mass is 10.2. The van der Waals surface area contributed by atoms with Gasteiger partial charge in [-0.3, -0.25) is 0 Å². The minimum Gasteiger partial charge on any atom is -0.347 e. The first kappa shape index (κ1) is 14.9. The Morgan fingerprint density at radius 2 is 1.82 bits per heavy atom. The lowest BCUT2D eigenvalue weighted by Crippen LogP contribution is -2.41. The molecule has 0 bridgehead atoms. The van der Waals surface area contributed by atoms with Crippen molar-refractivity contribution in [2.75, 3.05) is 19.6 Å². The number of aromatic nitrogens is 1. The molecule has 1 aromatic heterocycles. The van der Waals surface area contributed by atoms with E-state index >= 15 is 0 Å². The van der Waals surface area contributed by atoms with Crippen LogP contribution in [0.1, 0.15) is 32.1 Å². The molecule has 2 heterocycles. The molecule has 4 nitrogen and oxygen atoms in total. The normalized spacial score (nSPS) is 15.7. The summed E-state index contributed by atoms with van der Waals surface area (Å²) in [5, 5.41) is 4.34. The van der Waals surface area contributed by atoms with Crippen LogP contribution in [0.15, 0.2) is 36.5 Å². The first-order valence-corrected chi connectivity index (χ1v) is 8.41. The number of hydrogen-bond donors (Lipinski definition) is 1. The molecule has 4 heteroatoms. The van der Waals surface area contributed by atoms with Crippen LogP contribution in [0.5, 0.6) is 0 Å². The Labute approximate surface area is 132 Å². The molecule has 118 valence electrons. The number of para-hydroxylation sites is 1. The number of nitrogens with zero attached hydrogens (tertiary/aromatic N) is 2. The van der Waals surface area contributed by atoms with Crippen LogP contribution in [0, 0.1) is 0 Å². The Balaban J connectivity index is 1.44. The number of rotatable bonds is 4. The van der Waals surface area contributed by atoms with E-state index in [1.807, 2.05) is 4.90 Å². The molecule has 1 aliphatic rings. The Bertz CT molecular complexity index is 612. The summed E-state index contributed by atoms with van der Waals surface area (Å²) in [6.07, 6.45) is 7.88. The summed E-state index contributed by atoms with van der Waals surface area (Å²) in [5.74, 6) is 0. The SMILES string of the molecule is O=C(NCCCn1ccc2ccccc21)N1CCCCCC1. The van der Waals surface area contributed by atoms with Gasteiger partial charge in [-0.25, -0.2) is 4.79 Å². The zero-order chi connectivity index (χ0) is 15.2. The van der Waals surface area contributed by atoms with Crippen LogP contribution >= 0.6 is 0 Å². The van der Waals surface area contributed by atoms with Gasteiger partial charge in [0.05, 0.1) is 0 Å². The molecule has 1 N–H and O–H groups in total. The van der Waals surface area contributed by atoms with E-state index in [2.05, 4.69) is 46.4 Å². The van der Waals surface area contributed by atoms with Crippen molar-refractivity contribution in [3.63, 3.8) is 0 Å². The fourth-order valence-electron chi connectivity index (χ4n) is 3.17. The first-order chi connectivity index (χ1) is 10.8. The van der Waals surface area contributed by atoms with Gasteiger partial charge in [-0.15, -0.1) is 0 Å². The van der Waals surface area contributed by atoms with Crippen molar-refractivity contribution in [2.24, 2.45) is 0 Å². The van der Waals surface area contributed by atoms with Crippen molar-refractivity contribution in [1.82, 2.24) is 14.8 Å². The highest BCUT2D eigenvalue weighted by atomic mass is 16.2. The van der Waals surface area contributed by atoms with E-state index in [0.717, 1.165) is 45.4 Å². The van der Waals surface area contributed by atoms with Crippen LogP contribution in [0.2, 0.25) is 0 Å². The predicted molar refractivity (Wildman–Crippen MR) is 90.0 cm³/mol. The van der Waals surface area contributed by atoms with E-state index in [1.165, 1.54) is 23.7 Å². The number of amides is 2. The lowest BCUT2D eigenvalue weighted by Gasteiger charge is -2.20. The van der Waals surface area contributed by atoms with E-state index in [-0.39, 0.29) is 6.03 Å². The fraction of sp³-hybridized carbons (Fsp3) is 0.500. The summed E-state index contributed by atoms with van der Waals surface area (Å²) < 4.78 is 2.26. The van der Waals surface area contributed by atoms with Crippen molar-refractivity contribution in [1.29, 1.82) is 0 Å². The number of benzene rings is 1. The molecule has 22 heavy (non-hydrogen) atoms. The van der Waals surface area contributed by atoms with Gasteiger partial charge in [-0.1, -0.05) is 31.0 Å². The molecular weight excluding hydrogens is 274 g/mol. The van der Waals surface area contributed by atoms with E-state index in [0.29, 0.717) is 0 Å². The Morgan fingerprint density at radius 1 is 1.05 bits per heavy atom. The van der Waals surface area contributed by atoms with Crippen LogP contribution in [0.25, 0.3) is 10.9 Å². The Hall–Kier alpha value is -1.97. The fourth-order valence-corrected chi connectivity index (χ4v) is 3.17. The largest absolute Gasteiger partial charge is 0.347 e. The molecule has 1 saturated heterocycles. The topological polar surface area (TPSA) is 37.3 Å². The van der Waals surface area contributed by atoms with Crippen molar-refractivity contribution in [2.45, 2.75) is 38.6 Å². The monoisotopic (exact) mass is 299 g/mol. The number of hydrogen-bond acceptors (Lipinski definition) is 1. The third-order valence-electron chi connectivity index (χ3n) is 4.43. The third kappa shape index (κ3) is 3.62. The lowest BCUT2D eigenvalue weighted by molar-refractivity contribution is 0.199. The van der Waals surface area contributed by atoms with Crippen LogP contribution < -0.4 is 5.32 Å². The predicted octanol–water partition coefficient (Wildman–Crippen LogP) is 3.62. The second-order valence-corrected chi connectivity index (χ2v) is 6.05. The highest BCUT2D eigenvalue weighted by Crippen LogP contribution is 2.15. The van der Waals surface area contributed by atoms with E-state index in [4.69, 9.17) is 0 Å². The molecule has 3 rings (SSSR count). The number of carbonyl (C=O) groups is 1. The maximum absolute atomic E-state index is 12.1. The van der Waals surface area contributed by atoms with Gasteiger partial charge in [0.25, 0.3) is 0 Å². The maximum atomic E-state index is 12.1.